The molecule has 0 aromatic heterocycles. The number of piperidine rings is 1. The summed E-state index contributed by atoms with van der Waals surface area (Å²) in [6.07, 6.45) is 1.53. The fraction of sp³-hybridized carbons (Fsp3) is 0.917. The summed E-state index contributed by atoms with van der Waals surface area (Å²) in [7, 11) is 0. The highest BCUT2D eigenvalue weighted by Gasteiger charge is 2.25. The van der Waals surface area contributed by atoms with Gasteiger partial charge in [0.1, 0.15) is 0 Å². The van der Waals surface area contributed by atoms with Crippen molar-refractivity contribution in [2.24, 2.45) is 5.92 Å². The Balaban J connectivity index is 2.29. The van der Waals surface area contributed by atoms with Crippen LogP contribution in [0.4, 0.5) is 0 Å². The van der Waals surface area contributed by atoms with Crippen molar-refractivity contribution in [2.75, 3.05) is 19.6 Å². The fourth-order valence-electron chi connectivity index (χ4n) is 1.99. The second-order valence-electron chi connectivity index (χ2n) is 4.95. The highest BCUT2D eigenvalue weighted by molar-refractivity contribution is 5.78. The van der Waals surface area contributed by atoms with Crippen molar-refractivity contribution in [3.8, 4) is 0 Å². The van der Waals surface area contributed by atoms with Gasteiger partial charge in [0, 0.05) is 19.1 Å². The Labute approximate surface area is 98.0 Å². The van der Waals surface area contributed by atoms with Crippen molar-refractivity contribution >= 4 is 5.91 Å². The van der Waals surface area contributed by atoms with Crippen LogP contribution >= 0.6 is 0 Å². The van der Waals surface area contributed by atoms with Crippen molar-refractivity contribution in [1.82, 2.24) is 10.2 Å². The topological polar surface area (TPSA) is 52.6 Å². The maximum absolute atomic E-state index is 11.7. The second-order valence-corrected chi connectivity index (χ2v) is 4.95. The number of amides is 1. The van der Waals surface area contributed by atoms with Crippen LogP contribution in [0.15, 0.2) is 0 Å². The number of carbonyl (C=O) groups is 1. The molecule has 1 saturated heterocycles. The first-order chi connectivity index (χ1) is 7.52. The zero-order chi connectivity index (χ0) is 12.1. The van der Waals surface area contributed by atoms with Gasteiger partial charge in [0.05, 0.1) is 12.6 Å². The van der Waals surface area contributed by atoms with Crippen LogP contribution in [0.25, 0.3) is 0 Å². The molecule has 1 aliphatic rings. The van der Waals surface area contributed by atoms with Gasteiger partial charge >= 0.3 is 0 Å². The lowest BCUT2D eigenvalue weighted by Crippen LogP contribution is -2.47. The summed E-state index contributed by atoms with van der Waals surface area (Å²) >= 11 is 0. The summed E-state index contributed by atoms with van der Waals surface area (Å²) in [6, 6.07) is 0.250. The van der Waals surface area contributed by atoms with Gasteiger partial charge in [-0.2, -0.15) is 0 Å². The Morgan fingerprint density at radius 1 is 1.62 bits per heavy atom. The van der Waals surface area contributed by atoms with E-state index < -0.39 is 0 Å². The predicted molar refractivity (Wildman–Crippen MR) is 64.1 cm³/mol. The molecule has 4 nitrogen and oxygen atoms in total. The van der Waals surface area contributed by atoms with Crippen LogP contribution < -0.4 is 5.32 Å². The Bertz CT molecular complexity index is 233. The SMILES string of the molecule is CCC(C)NC(=O)CN1CCC(O)C(C)C1. The molecular formula is C12H24N2O2. The number of aliphatic hydroxyl groups is 1. The molecule has 2 N–H and O–H groups in total. The van der Waals surface area contributed by atoms with E-state index in [-0.39, 0.29) is 24.0 Å². The molecule has 0 aromatic rings. The van der Waals surface area contributed by atoms with E-state index in [0.717, 1.165) is 25.9 Å². The van der Waals surface area contributed by atoms with Crippen LogP contribution in [-0.2, 0) is 4.79 Å². The van der Waals surface area contributed by atoms with Gasteiger partial charge in [-0.05, 0) is 25.7 Å². The number of hydrogen-bond donors (Lipinski definition) is 2. The fourth-order valence-corrected chi connectivity index (χ4v) is 1.99. The largest absolute Gasteiger partial charge is 0.393 e. The van der Waals surface area contributed by atoms with Crippen LogP contribution in [0, 0.1) is 5.92 Å². The molecule has 0 spiro atoms. The lowest BCUT2D eigenvalue weighted by atomic mass is 9.97. The zero-order valence-corrected chi connectivity index (χ0v) is 10.6. The Morgan fingerprint density at radius 2 is 2.31 bits per heavy atom. The quantitative estimate of drug-likeness (QED) is 0.741. The van der Waals surface area contributed by atoms with Gasteiger partial charge in [0.2, 0.25) is 5.91 Å². The molecule has 0 bridgehead atoms. The van der Waals surface area contributed by atoms with E-state index in [0.29, 0.717) is 6.54 Å². The highest BCUT2D eigenvalue weighted by Crippen LogP contribution is 2.15. The van der Waals surface area contributed by atoms with Gasteiger partial charge in [0.15, 0.2) is 0 Å². The summed E-state index contributed by atoms with van der Waals surface area (Å²) < 4.78 is 0. The molecule has 3 unspecified atom stereocenters. The number of aliphatic hydroxyl groups excluding tert-OH is 1. The van der Waals surface area contributed by atoms with E-state index in [1.807, 2.05) is 13.8 Å². The van der Waals surface area contributed by atoms with Crippen LogP contribution in [0.3, 0.4) is 0 Å². The Morgan fingerprint density at radius 3 is 2.88 bits per heavy atom. The molecule has 0 saturated carbocycles. The molecule has 0 aliphatic carbocycles. The van der Waals surface area contributed by atoms with Crippen LogP contribution in [0.2, 0.25) is 0 Å². The maximum Gasteiger partial charge on any atom is 0.234 e. The Kier molecular flexibility index (Phi) is 5.22. The van der Waals surface area contributed by atoms with Crippen molar-refractivity contribution in [3.05, 3.63) is 0 Å². The molecule has 94 valence electrons. The monoisotopic (exact) mass is 228 g/mol. The average Bonchev–Trinajstić information content (AvgIpc) is 2.23. The average molecular weight is 228 g/mol. The van der Waals surface area contributed by atoms with Gasteiger partial charge in [-0.1, -0.05) is 13.8 Å². The number of nitrogens with one attached hydrogen (secondary N) is 1. The number of hydrogen-bond acceptors (Lipinski definition) is 3. The van der Waals surface area contributed by atoms with Crippen LogP contribution in [0.1, 0.15) is 33.6 Å². The molecule has 0 aromatic carbocycles. The van der Waals surface area contributed by atoms with Crippen LogP contribution in [0.5, 0.6) is 0 Å². The van der Waals surface area contributed by atoms with Crippen molar-refractivity contribution < 1.29 is 9.90 Å². The summed E-state index contributed by atoms with van der Waals surface area (Å²) in [5, 5.41) is 12.5. The highest BCUT2D eigenvalue weighted by atomic mass is 16.3. The van der Waals surface area contributed by atoms with E-state index in [9.17, 15) is 9.90 Å². The van der Waals surface area contributed by atoms with E-state index in [1.165, 1.54) is 0 Å². The molecule has 4 heteroatoms. The van der Waals surface area contributed by atoms with Crippen LogP contribution in [-0.4, -0.2) is 47.7 Å². The molecule has 1 heterocycles. The number of rotatable bonds is 4. The van der Waals surface area contributed by atoms with E-state index >= 15 is 0 Å². The summed E-state index contributed by atoms with van der Waals surface area (Å²) in [5.74, 6) is 0.364. The summed E-state index contributed by atoms with van der Waals surface area (Å²) in [6.45, 7) is 8.20. The molecule has 1 amide bonds. The summed E-state index contributed by atoms with van der Waals surface area (Å²) in [4.78, 5) is 13.8. The molecule has 0 radical (unpaired) electrons. The van der Waals surface area contributed by atoms with E-state index in [4.69, 9.17) is 0 Å². The van der Waals surface area contributed by atoms with Crippen molar-refractivity contribution in [1.29, 1.82) is 0 Å². The smallest absolute Gasteiger partial charge is 0.234 e. The number of nitrogens with zero attached hydrogens (tertiary/aromatic N) is 1. The van der Waals surface area contributed by atoms with E-state index in [1.54, 1.807) is 0 Å². The first kappa shape index (κ1) is 13.5. The second kappa shape index (κ2) is 6.21. The Hall–Kier alpha value is -0.610. The summed E-state index contributed by atoms with van der Waals surface area (Å²) in [5.41, 5.74) is 0. The van der Waals surface area contributed by atoms with Gasteiger partial charge in [0.25, 0.3) is 0 Å². The first-order valence-electron chi connectivity index (χ1n) is 6.22. The minimum Gasteiger partial charge on any atom is -0.393 e. The minimum atomic E-state index is -0.200. The predicted octanol–water partition coefficient (Wildman–Crippen LogP) is 0.604. The van der Waals surface area contributed by atoms with Gasteiger partial charge in [-0.3, -0.25) is 9.69 Å². The molecule has 1 fully saturated rings. The van der Waals surface area contributed by atoms with Gasteiger partial charge in [-0.25, -0.2) is 0 Å². The molecule has 16 heavy (non-hydrogen) atoms. The maximum atomic E-state index is 11.7. The molecule has 1 aliphatic heterocycles. The minimum absolute atomic E-state index is 0.0953. The third-order valence-electron chi connectivity index (χ3n) is 3.33. The van der Waals surface area contributed by atoms with E-state index in [2.05, 4.69) is 17.1 Å². The van der Waals surface area contributed by atoms with Crippen molar-refractivity contribution in [3.63, 3.8) is 0 Å². The molecule has 1 rings (SSSR count). The molecule has 3 atom stereocenters. The number of likely N-dealkylation sites (tertiary alicyclic amines) is 1. The van der Waals surface area contributed by atoms with Gasteiger partial charge < -0.3 is 10.4 Å². The lowest BCUT2D eigenvalue weighted by molar-refractivity contribution is -0.123. The standard InChI is InChI=1S/C12H24N2O2/c1-4-10(3)13-12(16)8-14-6-5-11(15)9(2)7-14/h9-11,15H,4-8H2,1-3H3,(H,13,16). The molecular weight excluding hydrogens is 204 g/mol. The third kappa shape index (κ3) is 4.10. The number of carbonyl (C=O) groups excluding carboxylic acids is 1. The zero-order valence-electron chi connectivity index (χ0n) is 10.6. The van der Waals surface area contributed by atoms with Gasteiger partial charge in [-0.15, -0.1) is 0 Å². The lowest BCUT2D eigenvalue weighted by Gasteiger charge is -2.34. The third-order valence-corrected chi connectivity index (χ3v) is 3.33. The first-order valence-corrected chi connectivity index (χ1v) is 6.22. The van der Waals surface area contributed by atoms with Crippen molar-refractivity contribution in [2.45, 2.75) is 45.8 Å². The normalized spacial score (nSPS) is 28.8.